The van der Waals surface area contributed by atoms with Gasteiger partial charge in [-0.2, -0.15) is 0 Å². The van der Waals surface area contributed by atoms with Gasteiger partial charge in [0, 0.05) is 39.8 Å². The molecule has 16 nitrogen and oxygen atoms in total. The third kappa shape index (κ3) is 8.38. The molecule has 0 bridgehead atoms. The standard InChI is InChI=1S/C20H34N8O8/c1-11(29)27(17(21)22)9-3-7-19(25,15(33)34)13(31)5-6-14(32)20(26,16(35)36)8-4-10-28(12(2)30)18(23)24/h3-10,25-26H2,1-2H3,(H3,21,22)(H3,23,24)(H,33,34)(H,35,36). The number of carboxylic acid groups (broad SMARTS) is 2. The van der Waals surface area contributed by atoms with Crippen molar-refractivity contribution in [3.63, 3.8) is 0 Å². The highest BCUT2D eigenvalue weighted by Crippen LogP contribution is 2.20. The van der Waals surface area contributed by atoms with Crippen LogP contribution in [0, 0.1) is 10.8 Å². The van der Waals surface area contributed by atoms with Crippen molar-refractivity contribution in [1.82, 2.24) is 9.80 Å². The molecule has 0 saturated heterocycles. The molecular formula is C20H34N8O8. The number of nitrogens with two attached hydrogens (primary N) is 4. The number of nitrogens with one attached hydrogen (secondary N) is 2. The molecule has 0 fully saturated rings. The predicted octanol–water partition coefficient (Wildman–Crippen LogP) is -2.49. The highest BCUT2D eigenvalue weighted by Gasteiger charge is 2.44. The Morgan fingerprint density at radius 1 is 0.694 bits per heavy atom. The molecule has 12 N–H and O–H groups in total. The van der Waals surface area contributed by atoms with Gasteiger partial charge in [0.2, 0.25) is 11.8 Å². The summed E-state index contributed by atoms with van der Waals surface area (Å²) in [7, 11) is 0. The Kier molecular flexibility index (Phi) is 11.8. The van der Waals surface area contributed by atoms with E-state index in [1.54, 1.807) is 0 Å². The first-order chi connectivity index (χ1) is 16.4. The minimum absolute atomic E-state index is 0.111. The summed E-state index contributed by atoms with van der Waals surface area (Å²) in [5, 5.41) is 33.7. The Morgan fingerprint density at radius 2 is 0.972 bits per heavy atom. The number of carbonyl (C=O) groups excluding carboxylic acids is 4. The summed E-state index contributed by atoms with van der Waals surface area (Å²) in [5.41, 5.74) is 17.2. The van der Waals surface area contributed by atoms with Crippen LogP contribution >= 0.6 is 0 Å². The van der Waals surface area contributed by atoms with Crippen molar-refractivity contribution < 1.29 is 39.0 Å². The number of hydrogen-bond acceptors (Lipinski definition) is 10. The van der Waals surface area contributed by atoms with Gasteiger partial charge < -0.3 is 33.1 Å². The van der Waals surface area contributed by atoms with Crippen LogP contribution < -0.4 is 22.9 Å². The van der Waals surface area contributed by atoms with Crippen molar-refractivity contribution in [2.75, 3.05) is 13.1 Å². The number of nitrogens with zero attached hydrogens (tertiary/aromatic N) is 2. The van der Waals surface area contributed by atoms with Crippen LogP contribution in [0.25, 0.3) is 0 Å². The molecule has 0 aliphatic heterocycles. The van der Waals surface area contributed by atoms with Crippen LogP contribution in [0.2, 0.25) is 0 Å². The zero-order valence-electron chi connectivity index (χ0n) is 20.2. The second-order valence-electron chi connectivity index (χ2n) is 8.22. The van der Waals surface area contributed by atoms with Crippen molar-refractivity contribution in [2.24, 2.45) is 22.9 Å². The number of aliphatic carboxylic acids is 2. The fourth-order valence-corrected chi connectivity index (χ4v) is 3.33. The lowest BCUT2D eigenvalue weighted by molar-refractivity contribution is -0.152. The highest BCUT2D eigenvalue weighted by molar-refractivity contribution is 6.11. The predicted molar refractivity (Wildman–Crippen MR) is 125 cm³/mol. The first kappa shape index (κ1) is 32.1. The molecule has 0 heterocycles. The maximum atomic E-state index is 12.6. The second-order valence-corrected chi connectivity index (χ2v) is 8.22. The Balaban J connectivity index is 5.31. The number of guanidine groups is 2. The number of hydrogen-bond donors (Lipinski definition) is 8. The molecule has 0 aliphatic carbocycles. The minimum atomic E-state index is -2.44. The van der Waals surface area contributed by atoms with E-state index in [2.05, 4.69) is 0 Å². The van der Waals surface area contributed by atoms with Crippen molar-refractivity contribution in [3.8, 4) is 0 Å². The third-order valence-electron chi connectivity index (χ3n) is 5.59. The molecule has 0 spiro atoms. The first-order valence-electron chi connectivity index (χ1n) is 10.8. The molecule has 36 heavy (non-hydrogen) atoms. The van der Waals surface area contributed by atoms with E-state index in [0.717, 1.165) is 23.6 Å². The number of carbonyl (C=O) groups is 6. The van der Waals surface area contributed by atoms with Gasteiger partial charge in [0.05, 0.1) is 0 Å². The zero-order valence-corrected chi connectivity index (χ0v) is 20.2. The van der Waals surface area contributed by atoms with Gasteiger partial charge in [-0.25, -0.2) is 9.59 Å². The van der Waals surface area contributed by atoms with Crippen LogP contribution in [-0.2, 0) is 28.8 Å². The molecular weight excluding hydrogens is 480 g/mol. The van der Waals surface area contributed by atoms with Gasteiger partial charge >= 0.3 is 11.9 Å². The molecule has 0 radical (unpaired) electrons. The Labute approximate surface area is 206 Å². The van der Waals surface area contributed by atoms with Crippen LogP contribution in [0.1, 0.15) is 52.4 Å². The van der Waals surface area contributed by atoms with Crippen LogP contribution in [0.5, 0.6) is 0 Å². The topological polar surface area (TPSA) is 301 Å². The molecule has 202 valence electrons. The number of ketones is 2. The molecule has 16 heteroatoms. The van der Waals surface area contributed by atoms with E-state index in [1.807, 2.05) is 0 Å². The maximum absolute atomic E-state index is 12.6. The summed E-state index contributed by atoms with van der Waals surface area (Å²) < 4.78 is 0. The summed E-state index contributed by atoms with van der Waals surface area (Å²) in [6.45, 7) is 1.94. The zero-order chi connectivity index (χ0) is 28.4. The molecule has 0 aromatic heterocycles. The largest absolute Gasteiger partial charge is 0.480 e. The van der Waals surface area contributed by atoms with Gasteiger partial charge in [-0.05, 0) is 25.7 Å². The monoisotopic (exact) mass is 514 g/mol. The van der Waals surface area contributed by atoms with Crippen molar-refractivity contribution >= 4 is 47.2 Å². The molecule has 2 unspecified atom stereocenters. The summed E-state index contributed by atoms with van der Waals surface area (Å²) in [5.74, 6) is -7.79. The Morgan fingerprint density at radius 3 is 1.17 bits per heavy atom. The molecule has 2 amide bonds. The van der Waals surface area contributed by atoms with Crippen LogP contribution in [0.15, 0.2) is 0 Å². The molecule has 2 atom stereocenters. The fraction of sp³-hybridized carbons (Fsp3) is 0.600. The van der Waals surface area contributed by atoms with Crippen molar-refractivity contribution in [2.45, 2.75) is 63.5 Å². The van der Waals surface area contributed by atoms with E-state index < -0.39 is 84.0 Å². The van der Waals surface area contributed by atoms with E-state index in [1.165, 1.54) is 0 Å². The number of rotatable bonds is 15. The molecule has 0 rings (SSSR count). The van der Waals surface area contributed by atoms with Crippen molar-refractivity contribution in [3.05, 3.63) is 0 Å². The number of Topliss-reactive ketones (excluding diaryl/α,β-unsaturated/α-hetero) is 2. The molecule has 0 saturated carbocycles. The lowest BCUT2D eigenvalue weighted by Crippen LogP contribution is -2.57. The average molecular weight is 515 g/mol. The van der Waals surface area contributed by atoms with Crippen LogP contribution in [0.3, 0.4) is 0 Å². The van der Waals surface area contributed by atoms with Crippen LogP contribution in [-0.4, -0.2) is 91.4 Å². The fourth-order valence-electron chi connectivity index (χ4n) is 3.33. The summed E-state index contributed by atoms with van der Waals surface area (Å²) >= 11 is 0. The van der Waals surface area contributed by atoms with Gasteiger partial charge in [-0.15, -0.1) is 0 Å². The lowest BCUT2D eigenvalue weighted by atomic mass is 9.83. The SMILES string of the molecule is CC(=O)N(CCCC(N)(C(=O)O)C(=O)CCC(=O)C(N)(CCCN(C(=N)N)C(C)=O)C(=O)O)C(=N)N. The summed E-state index contributed by atoms with van der Waals surface area (Å²) in [6.07, 6.45) is -2.56. The molecule has 0 aliphatic rings. The van der Waals surface area contributed by atoms with E-state index in [0.29, 0.717) is 0 Å². The minimum Gasteiger partial charge on any atom is -0.480 e. The lowest BCUT2D eigenvalue weighted by Gasteiger charge is -2.27. The quantitative estimate of drug-likeness (QED) is 0.0639. The van der Waals surface area contributed by atoms with Gasteiger partial charge in [-0.1, -0.05) is 0 Å². The third-order valence-corrected chi connectivity index (χ3v) is 5.59. The van der Waals surface area contributed by atoms with Gasteiger partial charge in [0.15, 0.2) is 34.6 Å². The average Bonchev–Trinajstić information content (AvgIpc) is 2.75. The van der Waals surface area contributed by atoms with E-state index in [4.69, 9.17) is 33.8 Å². The van der Waals surface area contributed by atoms with E-state index in [9.17, 15) is 39.0 Å². The maximum Gasteiger partial charge on any atom is 0.331 e. The molecule has 0 aromatic carbocycles. The van der Waals surface area contributed by atoms with E-state index >= 15 is 0 Å². The Hall–Kier alpha value is -3.92. The number of amides is 2. The van der Waals surface area contributed by atoms with Gasteiger partial charge in [0.1, 0.15) is 0 Å². The second kappa shape index (κ2) is 13.2. The van der Waals surface area contributed by atoms with Gasteiger partial charge in [0.25, 0.3) is 0 Å². The van der Waals surface area contributed by atoms with Crippen LogP contribution in [0.4, 0.5) is 0 Å². The summed E-state index contributed by atoms with van der Waals surface area (Å²) in [4.78, 5) is 73.3. The smallest absolute Gasteiger partial charge is 0.331 e. The first-order valence-corrected chi connectivity index (χ1v) is 10.8. The normalized spacial score (nSPS) is 14.0. The Bertz CT molecular complexity index is 837. The summed E-state index contributed by atoms with van der Waals surface area (Å²) in [6, 6.07) is 0. The van der Waals surface area contributed by atoms with E-state index in [-0.39, 0.29) is 25.9 Å². The molecule has 0 aromatic rings. The van der Waals surface area contributed by atoms with Crippen molar-refractivity contribution in [1.29, 1.82) is 10.8 Å². The highest BCUT2D eigenvalue weighted by atomic mass is 16.4. The van der Waals surface area contributed by atoms with Gasteiger partial charge in [-0.3, -0.25) is 39.8 Å². The number of carboxylic acids is 2.